The number of piperazine rings is 1. The molecule has 1 aromatic heterocycles. The molecule has 0 saturated carbocycles. The molecule has 0 unspecified atom stereocenters. The maximum absolute atomic E-state index is 13.3. The summed E-state index contributed by atoms with van der Waals surface area (Å²) in [6.45, 7) is 7.84. The van der Waals surface area contributed by atoms with E-state index in [1.165, 1.54) is 12.8 Å². The summed E-state index contributed by atoms with van der Waals surface area (Å²) in [4.78, 5) is 13.6. The number of aromatic nitrogens is 2. The van der Waals surface area contributed by atoms with Crippen molar-refractivity contribution < 1.29 is 13.2 Å². The maximum Gasteiger partial charge on any atom is 0.243 e. The third-order valence-corrected chi connectivity index (χ3v) is 8.20. The van der Waals surface area contributed by atoms with Gasteiger partial charge in [0.2, 0.25) is 10.0 Å². The summed E-state index contributed by atoms with van der Waals surface area (Å²) in [6.07, 6.45) is 4.00. The molecule has 2 aliphatic rings. The highest BCUT2D eigenvalue weighted by molar-refractivity contribution is 7.89. The fourth-order valence-corrected chi connectivity index (χ4v) is 5.90. The smallest absolute Gasteiger partial charge is 0.243 e. The van der Waals surface area contributed by atoms with Crippen LogP contribution < -0.4 is 14.5 Å². The molecule has 0 spiro atoms. The molecule has 3 heterocycles. The molecule has 0 atom stereocenters. The van der Waals surface area contributed by atoms with Gasteiger partial charge in [-0.15, -0.1) is 0 Å². The quantitative estimate of drug-likeness (QED) is 0.718. The van der Waals surface area contributed by atoms with Crippen LogP contribution in [0, 0.1) is 13.8 Å². The summed E-state index contributed by atoms with van der Waals surface area (Å²) >= 11 is 0. The molecule has 2 aliphatic heterocycles. The van der Waals surface area contributed by atoms with Crippen LogP contribution >= 0.6 is 0 Å². The summed E-state index contributed by atoms with van der Waals surface area (Å²) in [6, 6.07) is 5.40. The van der Waals surface area contributed by atoms with Crippen LogP contribution in [0.3, 0.4) is 0 Å². The third-order valence-electron chi connectivity index (χ3n) is 6.16. The second kappa shape index (κ2) is 8.39. The zero-order valence-corrected chi connectivity index (χ0v) is 18.7. The van der Waals surface area contributed by atoms with Crippen LogP contribution in [0.4, 0.5) is 11.6 Å². The first-order valence-corrected chi connectivity index (χ1v) is 11.8. The Bertz CT molecular complexity index is 1010. The number of hydrogen-bond acceptors (Lipinski definition) is 7. The van der Waals surface area contributed by atoms with Crippen molar-refractivity contribution in [2.75, 3.05) is 56.2 Å². The lowest BCUT2D eigenvalue weighted by atomic mass is 10.1. The van der Waals surface area contributed by atoms with Crippen LogP contribution in [0.15, 0.2) is 29.4 Å². The molecule has 0 N–H and O–H groups in total. The minimum atomic E-state index is -3.56. The summed E-state index contributed by atoms with van der Waals surface area (Å²) < 4.78 is 33.4. The molecule has 9 heteroatoms. The number of rotatable bonds is 5. The van der Waals surface area contributed by atoms with E-state index in [-0.39, 0.29) is 0 Å². The van der Waals surface area contributed by atoms with E-state index < -0.39 is 10.0 Å². The molecule has 4 rings (SSSR count). The fourth-order valence-electron chi connectivity index (χ4n) is 4.20. The van der Waals surface area contributed by atoms with Gasteiger partial charge in [0.15, 0.2) is 0 Å². The second-order valence-corrected chi connectivity index (χ2v) is 9.74. The normalized spacial score (nSPS) is 18.1. The van der Waals surface area contributed by atoms with Crippen molar-refractivity contribution >= 4 is 21.7 Å². The highest BCUT2D eigenvalue weighted by Crippen LogP contribution is 2.30. The Hall–Kier alpha value is -2.39. The van der Waals surface area contributed by atoms with Crippen LogP contribution in [0.2, 0.25) is 0 Å². The molecule has 1 aromatic carbocycles. The number of methoxy groups -OCH3 is 1. The zero-order valence-electron chi connectivity index (χ0n) is 17.8. The van der Waals surface area contributed by atoms with E-state index in [0.717, 1.165) is 35.9 Å². The zero-order chi connectivity index (χ0) is 21.3. The van der Waals surface area contributed by atoms with Crippen LogP contribution in [0.1, 0.15) is 24.0 Å². The van der Waals surface area contributed by atoms with Gasteiger partial charge in [0.1, 0.15) is 23.7 Å². The van der Waals surface area contributed by atoms with Crippen molar-refractivity contribution in [1.29, 1.82) is 0 Å². The molecule has 2 saturated heterocycles. The highest BCUT2D eigenvalue weighted by Gasteiger charge is 2.31. The first-order valence-electron chi connectivity index (χ1n) is 10.4. The van der Waals surface area contributed by atoms with E-state index in [2.05, 4.69) is 19.8 Å². The lowest BCUT2D eigenvalue weighted by Gasteiger charge is -2.35. The van der Waals surface area contributed by atoms with Gasteiger partial charge in [-0.2, -0.15) is 4.31 Å². The van der Waals surface area contributed by atoms with Crippen molar-refractivity contribution in [3.8, 4) is 5.75 Å². The molecule has 0 bridgehead atoms. The Morgan fingerprint density at radius 1 is 0.867 bits per heavy atom. The summed E-state index contributed by atoms with van der Waals surface area (Å²) in [7, 11) is -1.96. The molecule has 2 fully saturated rings. The van der Waals surface area contributed by atoms with Crippen molar-refractivity contribution in [2.45, 2.75) is 31.6 Å². The van der Waals surface area contributed by atoms with Crippen molar-refractivity contribution in [3.63, 3.8) is 0 Å². The third kappa shape index (κ3) is 3.83. The fraction of sp³-hybridized carbons (Fsp3) is 0.524. The molecule has 0 radical (unpaired) electrons. The Morgan fingerprint density at radius 2 is 1.47 bits per heavy atom. The Labute approximate surface area is 178 Å². The van der Waals surface area contributed by atoms with Crippen molar-refractivity contribution in [1.82, 2.24) is 14.3 Å². The maximum atomic E-state index is 13.3. The minimum Gasteiger partial charge on any atom is -0.496 e. The van der Waals surface area contributed by atoms with Gasteiger partial charge in [-0.1, -0.05) is 0 Å². The van der Waals surface area contributed by atoms with E-state index in [1.54, 1.807) is 29.9 Å². The number of ether oxygens (including phenoxy) is 1. The number of anilines is 2. The Morgan fingerprint density at radius 3 is 2.07 bits per heavy atom. The van der Waals surface area contributed by atoms with Gasteiger partial charge in [-0.3, -0.25) is 0 Å². The molecule has 8 nitrogen and oxygen atoms in total. The van der Waals surface area contributed by atoms with Crippen molar-refractivity contribution in [2.24, 2.45) is 0 Å². The average Bonchev–Trinajstić information content (AvgIpc) is 3.31. The van der Waals surface area contributed by atoms with E-state index in [0.29, 0.717) is 36.8 Å². The van der Waals surface area contributed by atoms with Crippen molar-refractivity contribution in [3.05, 3.63) is 35.7 Å². The highest BCUT2D eigenvalue weighted by atomic mass is 32.2. The molecule has 0 aliphatic carbocycles. The monoisotopic (exact) mass is 431 g/mol. The molecular formula is C21H29N5O3S. The van der Waals surface area contributed by atoms with Gasteiger partial charge < -0.3 is 14.5 Å². The minimum absolute atomic E-state index is 0.354. The predicted octanol–water partition coefficient (Wildman–Crippen LogP) is 2.21. The van der Waals surface area contributed by atoms with Crippen LogP contribution in [-0.4, -0.2) is 69.1 Å². The van der Waals surface area contributed by atoms with E-state index in [4.69, 9.17) is 4.74 Å². The second-order valence-electron chi connectivity index (χ2n) is 7.84. The summed E-state index contributed by atoms with van der Waals surface area (Å²) in [5.74, 6) is 2.52. The number of sulfonamides is 1. The van der Waals surface area contributed by atoms with E-state index in [1.807, 2.05) is 19.9 Å². The molecular weight excluding hydrogens is 402 g/mol. The lowest BCUT2D eigenvalue weighted by molar-refractivity contribution is 0.383. The largest absolute Gasteiger partial charge is 0.496 e. The molecule has 2 aromatic rings. The number of hydrogen-bond donors (Lipinski definition) is 0. The van der Waals surface area contributed by atoms with Crippen LogP contribution in [-0.2, 0) is 10.0 Å². The van der Waals surface area contributed by atoms with Gasteiger partial charge >= 0.3 is 0 Å². The SMILES string of the molecule is COc1ccc(S(=O)(=O)N2CCN(c3cc(N4CCCC4)ncn3)CC2)c(C)c1C. The van der Waals surface area contributed by atoms with Gasteiger partial charge in [0.25, 0.3) is 0 Å². The van der Waals surface area contributed by atoms with Gasteiger partial charge in [0, 0.05) is 45.3 Å². The van der Waals surface area contributed by atoms with E-state index >= 15 is 0 Å². The summed E-state index contributed by atoms with van der Waals surface area (Å²) in [5, 5.41) is 0. The van der Waals surface area contributed by atoms with Crippen LogP contribution in [0.25, 0.3) is 0 Å². The predicted molar refractivity (Wildman–Crippen MR) is 117 cm³/mol. The first-order chi connectivity index (χ1) is 14.4. The number of benzene rings is 1. The molecule has 30 heavy (non-hydrogen) atoms. The summed E-state index contributed by atoms with van der Waals surface area (Å²) in [5.41, 5.74) is 1.59. The molecule has 0 amide bonds. The Balaban J connectivity index is 1.48. The Kier molecular flexibility index (Phi) is 5.84. The standard InChI is InChI=1S/C21H29N5O3S/c1-16-17(2)19(7-6-18(16)29-3)30(27,28)26-12-10-25(11-13-26)21-14-20(22-15-23-21)24-8-4-5-9-24/h6-7,14-15H,4-5,8-13H2,1-3H3. The number of nitrogens with zero attached hydrogens (tertiary/aromatic N) is 5. The van der Waals surface area contributed by atoms with Gasteiger partial charge in [0.05, 0.1) is 12.0 Å². The van der Waals surface area contributed by atoms with Gasteiger partial charge in [-0.05, 0) is 49.9 Å². The van der Waals surface area contributed by atoms with Gasteiger partial charge in [-0.25, -0.2) is 18.4 Å². The lowest BCUT2D eigenvalue weighted by Crippen LogP contribution is -2.49. The molecule has 162 valence electrons. The van der Waals surface area contributed by atoms with Crippen LogP contribution in [0.5, 0.6) is 5.75 Å². The van der Waals surface area contributed by atoms with E-state index in [9.17, 15) is 8.42 Å². The topological polar surface area (TPSA) is 78.9 Å². The average molecular weight is 432 g/mol. The first kappa shape index (κ1) is 20.9.